The van der Waals surface area contributed by atoms with Crippen LogP contribution in [0.15, 0.2) is 9.79 Å². The van der Waals surface area contributed by atoms with Gasteiger partial charge in [-0.05, 0) is 50.2 Å². The van der Waals surface area contributed by atoms with Gasteiger partial charge < -0.3 is 14.6 Å². The number of hydrogen-bond acceptors (Lipinski definition) is 4. The molecular weight excluding hydrogens is 348 g/mol. The second kappa shape index (κ2) is 9.46. The average molecular weight is 379 g/mol. The molecule has 6 nitrogen and oxygen atoms in total. The van der Waals surface area contributed by atoms with Gasteiger partial charge in [0, 0.05) is 25.2 Å². The first-order valence-corrected chi connectivity index (χ1v) is 10.5. The third kappa shape index (κ3) is 4.82. The maximum absolute atomic E-state index is 12.8. The van der Waals surface area contributed by atoms with Crippen molar-refractivity contribution in [2.24, 2.45) is 4.99 Å². The number of aromatic nitrogens is 2. The van der Waals surface area contributed by atoms with Gasteiger partial charge >= 0.3 is 0 Å². The average Bonchev–Trinajstić information content (AvgIpc) is 2.65. The summed E-state index contributed by atoms with van der Waals surface area (Å²) in [6.07, 6.45) is 11.8. The van der Waals surface area contributed by atoms with Crippen molar-refractivity contribution in [2.75, 3.05) is 26.2 Å². The van der Waals surface area contributed by atoms with Crippen molar-refractivity contribution < 1.29 is 10.0 Å². The highest BCUT2D eigenvalue weighted by molar-refractivity contribution is 7.71. The van der Waals surface area contributed by atoms with Crippen LogP contribution >= 0.6 is 12.2 Å². The molecule has 0 aromatic carbocycles. The molecule has 1 aliphatic heterocycles. The number of nitrogens with zero attached hydrogens (tertiary/aromatic N) is 2. The van der Waals surface area contributed by atoms with Gasteiger partial charge in [-0.25, -0.2) is 0 Å². The summed E-state index contributed by atoms with van der Waals surface area (Å²) >= 11 is 5.25. The molecular formula is C19H30N4O2S. The summed E-state index contributed by atoms with van der Waals surface area (Å²) in [5, 5.41) is 12.8. The molecule has 0 unspecified atom stereocenters. The molecule has 7 heteroatoms. The molecule has 1 aromatic rings. The van der Waals surface area contributed by atoms with Gasteiger partial charge in [-0.3, -0.25) is 14.8 Å². The van der Waals surface area contributed by atoms with Gasteiger partial charge in [-0.2, -0.15) is 0 Å². The Morgan fingerprint density at radius 3 is 2.62 bits per heavy atom. The number of piperidine rings is 1. The SMILES string of the molecule is O=c1[nH]c(=S)n(C2CCCCC2)c([O-])c1C=NCCC[NH+]1CCCCC1. The second-order valence-corrected chi connectivity index (χ2v) is 7.98. The standard InChI is InChI=1S/C19H30N4O2S/c24-17-16(14-20-10-7-13-22-11-5-2-6-12-22)18(25)23(19(26)21-17)15-8-3-1-4-9-15/h14-15,25H,1-13H2,(H,21,24,26). The molecule has 2 N–H and O–H groups in total. The van der Waals surface area contributed by atoms with Gasteiger partial charge in [0.15, 0.2) is 4.77 Å². The molecule has 2 heterocycles. The van der Waals surface area contributed by atoms with E-state index in [0.29, 0.717) is 6.54 Å². The summed E-state index contributed by atoms with van der Waals surface area (Å²) in [6.45, 7) is 4.29. The van der Waals surface area contributed by atoms with Crippen LogP contribution in [0.3, 0.4) is 0 Å². The molecule has 2 aliphatic rings. The van der Waals surface area contributed by atoms with E-state index in [0.717, 1.165) is 38.6 Å². The van der Waals surface area contributed by atoms with E-state index in [2.05, 4.69) is 9.98 Å². The molecule has 1 saturated carbocycles. The highest BCUT2D eigenvalue weighted by Gasteiger charge is 2.17. The normalized spacial score (nSPS) is 20.0. The largest absolute Gasteiger partial charge is 0.859 e. The van der Waals surface area contributed by atoms with Crippen molar-refractivity contribution in [3.63, 3.8) is 0 Å². The summed E-state index contributed by atoms with van der Waals surface area (Å²) in [6, 6.07) is 0.107. The molecule has 0 atom stereocenters. The third-order valence-electron chi connectivity index (χ3n) is 5.67. The van der Waals surface area contributed by atoms with E-state index in [1.54, 1.807) is 9.47 Å². The summed E-state index contributed by atoms with van der Waals surface area (Å²) in [4.78, 5) is 20.9. The number of nitrogens with one attached hydrogen (secondary N) is 2. The minimum atomic E-state index is -0.419. The van der Waals surface area contributed by atoms with Crippen molar-refractivity contribution in [3.05, 3.63) is 20.7 Å². The van der Waals surface area contributed by atoms with Crippen molar-refractivity contribution in [3.8, 4) is 5.88 Å². The van der Waals surface area contributed by atoms with Crippen LogP contribution in [0.25, 0.3) is 0 Å². The zero-order chi connectivity index (χ0) is 18.4. The Labute approximate surface area is 160 Å². The molecule has 1 aromatic heterocycles. The maximum Gasteiger partial charge on any atom is 0.259 e. The fourth-order valence-corrected chi connectivity index (χ4v) is 4.53. The van der Waals surface area contributed by atoms with Crippen LogP contribution < -0.4 is 15.6 Å². The molecule has 0 amide bonds. The molecule has 1 aliphatic carbocycles. The summed E-state index contributed by atoms with van der Waals surface area (Å²) < 4.78 is 1.85. The number of rotatable bonds is 6. The van der Waals surface area contributed by atoms with Crippen molar-refractivity contribution in [1.82, 2.24) is 9.55 Å². The Balaban J connectivity index is 1.64. The van der Waals surface area contributed by atoms with E-state index in [4.69, 9.17) is 12.2 Å². The zero-order valence-corrected chi connectivity index (χ0v) is 16.3. The summed E-state index contributed by atoms with van der Waals surface area (Å²) in [5.41, 5.74) is -0.299. The maximum atomic E-state index is 12.8. The highest BCUT2D eigenvalue weighted by Crippen LogP contribution is 2.30. The fraction of sp³-hybridized carbons (Fsp3) is 0.737. The molecule has 1 saturated heterocycles. The minimum Gasteiger partial charge on any atom is -0.859 e. The Bertz CT molecular complexity index is 728. The van der Waals surface area contributed by atoms with Gasteiger partial charge in [-0.1, -0.05) is 19.3 Å². The van der Waals surface area contributed by atoms with Crippen LogP contribution in [-0.4, -0.2) is 41.9 Å². The Morgan fingerprint density at radius 2 is 1.88 bits per heavy atom. The molecule has 144 valence electrons. The highest BCUT2D eigenvalue weighted by atomic mass is 32.1. The van der Waals surface area contributed by atoms with E-state index in [9.17, 15) is 9.90 Å². The minimum absolute atomic E-state index is 0.107. The van der Waals surface area contributed by atoms with Crippen LogP contribution in [0.4, 0.5) is 0 Å². The molecule has 26 heavy (non-hydrogen) atoms. The van der Waals surface area contributed by atoms with E-state index < -0.39 is 5.56 Å². The molecule has 3 rings (SSSR count). The molecule has 0 spiro atoms. The van der Waals surface area contributed by atoms with Gasteiger partial charge in [0.05, 0.1) is 25.2 Å². The van der Waals surface area contributed by atoms with E-state index in [-0.39, 0.29) is 22.3 Å². The van der Waals surface area contributed by atoms with Crippen molar-refractivity contribution in [2.45, 2.75) is 63.8 Å². The monoisotopic (exact) mass is 378 g/mol. The number of likely N-dealkylation sites (tertiary alicyclic amines) is 1. The number of aliphatic imine (C=N–C) groups is 1. The summed E-state index contributed by atoms with van der Waals surface area (Å²) in [5.74, 6) is -0.281. The quantitative estimate of drug-likeness (QED) is 0.446. The van der Waals surface area contributed by atoms with Crippen LogP contribution in [0.1, 0.15) is 69.4 Å². The first-order chi connectivity index (χ1) is 12.7. The van der Waals surface area contributed by atoms with Crippen molar-refractivity contribution in [1.29, 1.82) is 0 Å². The lowest BCUT2D eigenvalue weighted by Gasteiger charge is -2.30. The topological polar surface area (TPSA) is 77.6 Å². The van der Waals surface area contributed by atoms with Crippen molar-refractivity contribution >= 4 is 18.4 Å². The van der Waals surface area contributed by atoms with Crippen LogP contribution in [0.5, 0.6) is 5.88 Å². The van der Waals surface area contributed by atoms with Gasteiger partial charge in [0.25, 0.3) is 5.56 Å². The first-order valence-electron chi connectivity index (χ1n) is 10.1. The number of hydrogen-bond donors (Lipinski definition) is 2. The fourth-order valence-electron chi connectivity index (χ4n) is 4.21. The molecule has 0 radical (unpaired) electrons. The van der Waals surface area contributed by atoms with E-state index in [1.165, 1.54) is 45.0 Å². The Hall–Kier alpha value is -1.47. The second-order valence-electron chi connectivity index (χ2n) is 7.59. The van der Waals surface area contributed by atoms with E-state index >= 15 is 0 Å². The predicted molar refractivity (Wildman–Crippen MR) is 104 cm³/mol. The van der Waals surface area contributed by atoms with Crippen LogP contribution in [-0.2, 0) is 0 Å². The lowest BCUT2D eigenvalue weighted by Crippen LogP contribution is -3.12. The lowest BCUT2D eigenvalue weighted by molar-refractivity contribution is -0.904. The van der Waals surface area contributed by atoms with Gasteiger partial charge in [-0.15, -0.1) is 0 Å². The smallest absolute Gasteiger partial charge is 0.259 e. The van der Waals surface area contributed by atoms with Gasteiger partial charge in [0.2, 0.25) is 0 Å². The zero-order valence-electron chi connectivity index (χ0n) is 15.5. The Kier molecular flexibility index (Phi) is 7.02. The number of H-pyrrole nitrogens is 1. The van der Waals surface area contributed by atoms with Gasteiger partial charge in [0.1, 0.15) is 0 Å². The van der Waals surface area contributed by atoms with Crippen LogP contribution in [0, 0.1) is 4.77 Å². The number of aromatic amines is 1. The molecule has 0 bridgehead atoms. The number of quaternary nitrogens is 1. The summed E-state index contributed by atoms with van der Waals surface area (Å²) in [7, 11) is 0. The van der Waals surface area contributed by atoms with E-state index in [1.807, 2.05) is 0 Å². The predicted octanol–water partition coefficient (Wildman–Crippen LogP) is 1.36. The van der Waals surface area contributed by atoms with Crippen LogP contribution in [0.2, 0.25) is 0 Å². The molecule has 2 fully saturated rings. The first kappa shape index (κ1) is 19.3. The Morgan fingerprint density at radius 1 is 1.19 bits per heavy atom. The third-order valence-corrected chi connectivity index (χ3v) is 5.97. The lowest BCUT2D eigenvalue weighted by atomic mass is 9.95.